The van der Waals surface area contributed by atoms with Gasteiger partial charge in [0, 0.05) is 11.8 Å². The fourth-order valence-corrected chi connectivity index (χ4v) is 1.82. The van der Waals surface area contributed by atoms with Crippen LogP contribution < -0.4 is 5.32 Å². The van der Waals surface area contributed by atoms with Crippen LogP contribution in [0, 0.1) is 5.41 Å². The Labute approximate surface area is 105 Å². The maximum atomic E-state index is 12.0. The smallest absolute Gasteiger partial charge is 0.277 e. The highest BCUT2D eigenvalue weighted by atomic mass is 32.2. The number of urea groups is 1. The SMILES string of the molecule is CSC(C)CCN1C(=O)NC(=O)C(C)(C)C1=O. The average Bonchev–Trinajstić information content (AvgIpc) is 2.26. The molecule has 0 saturated carbocycles. The van der Waals surface area contributed by atoms with E-state index in [0.29, 0.717) is 11.8 Å². The zero-order chi connectivity index (χ0) is 13.2. The fraction of sp³-hybridized carbons (Fsp3) is 0.727. The summed E-state index contributed by atoms with van der Waals surface area (Å²) < 4.78 is 0. The number of hydrogen-bond donors (Lipinski definition) is 1. The number of thioether (sulfide) groups is 1. The standard InChI is InChI=1S/C11H18N2O3S/c1-7(17-4)5-6-13-9(15)11(2,3)8(14)12-10(13)16/h7H,5-6H2,1-4H3,(H,12,14,16). The minimum absolute atomic E-state index is 0.351. The average molecular weight is 258 g/mol. The van der Waals surface area contributed by atoms with Gasteiger partial charge in [0.2, 0.25) is 11.8 Å². The summed E-state index contributed by atoms with van der Waals surface area (Å²) in [6.07, 6.45) is 2.71. The van der Waals surface area contributed by atoms with Crippen LogP contribution in [-0.2, 0) is 9.59 Å². The summed E-state index contributed by atoms with van der Waals surface area (Å²) in [5.74, 6) is -0.943. The fourth-order valence-electron chi connectivity index (χ4n) is 1.48. The van der Waals surface area contributed by atoms with Gasteiger partial charge in [-0.3, -0.25) is 19.8 Å². The first-order chi connectivity index (χ1) is 7.80. The number of carbonyl (C=O) groups is 3. The van der Waals surface area contributed by atoms with E-state index >= 15 is 0 Å². The molecule has 1 atom stereocenters. The van der Waals surface area contributed by atoms with E-state index in [4.69, 9.17) is 0 Å². The summed E-state index contributed by atoms with van der Waals surface area (Å²) in [7, 11) is 0. The van der Waals surface area contributed by atoms with Gasteiger partial charge in [0.15, 0.2) is 0 Å². The normalized spacial score (nSPS) is 21.4. The predicted molar refractivity (Wildman–Crippen MR) is 66.6 cm³/mol. The minimum atomic E-state index is -1.16. The third-order valence-electron chi connectivity index (χ3n) is 2.97. The van der Waals surface area contributed by atoms with E-state index in [1.165, 1.54) is 13.8 Å². The Balaban J connectivity index is 2.74. The highest BCUT2D eigenvalue weighted by molar-refractivity contribution is 7.99. The molecule has 96 valence electrons. The summed E-state index contributed by atoms with van der Waals surface area (Å²) in [5, 5.41) is 2.58. The Kier molecular flexibility index (Phi) is 4.19. The molecule has 1 N–H and O–H groups in total. The first-order valence-corrected chi connectivity index (χ1v) is 6.79. The van der Waals surface area contributed by atoms with Gasteiger partial charge in [-0.25, -0.2) is 4.79 Å². The lowest BCUT2D eigenvalue weighted by atomic mass is 9.89. The molecule has 17 heavy (non-hydrogen) atoms. The number of imide groups is 2. The number of barbiturate groups is 1. The maximum absolute atomic E-state index is 12.0. The molecule has 5 nitrogen and oxygen atoms in total. The second-order valence-corrected chi connectivity index (χ2v) is 5.95. The Morgan fingerprint density at radius 2 is 1.94 bits per heavy atom. The molecular weight excluding hydrogens is 240 g/mol. The van der Waals surface area contributed by atoms with Gasteiger partial charge in [0.05, 0.1) is 0 Å². The summed E-state index contributed by atoms with van der Waals surface area (Å²) in [4.78, 5) is 36.2. The maximum Gasteiger partial charge on any atom is 0.330 e. The topological polar surface area (TPSA) is 66.5 Å². The summed E-state index contributed by atoms with van der Waals surface area (Å²) in [6, 6.07) is -0.604. The number of nitrogens with zero attached hydrogens (tertiary/aromatic N) is 1. The van der Waals surface area contributed by atoms with E-state index in [2.05, 4.69) is 5.32 Å². The van der Waals surface area contributed by atoms with E-state index in [9.17, 15) is 14.4 Å². The molecular formula is C11H18N2O3S. The quantitative estimate of drug-likeness (QED) is 0.770. The van der Waals surface area contributed by atoms with E-state index < -0.39 is 23.3 Å². The number of hydrogen-bond acceptors (Lipinski definition) is 4. The van der Waals surface area contributed by atoms with Gasteiger partial charge in [0.1, 0.15) is 5.41 Å². The monoisotopic (exact) mass is 258 g/mol. The Bertz CT molecular complexity index is 355. The number of nitrogens with one attached hydrogen (secondary N) is 1. The molecule has 1 saturated heterocycles. The largest absolute Gasteiger partial charge is 0.330 e. The molecule has 0 aromatic carbocycles. The van der Waals surface area contributed by atoms with Crippen molar-refractivity contribution in [3.8, 4) is 0 Å². The van der Waals surface area contributed by atoms with Crippen LogP contribution >= 0.6 is 11.8 Å². The van der Waals surface area contributed by atoms with E-state index in [1.807, 2.05) is 13.2 Å². The summed E-state index contributed by atoms with van der Waals surface area (Å²) in [6.45, 7) is 5.45. The predicted octanol–water partition coefficient (Wildman–Crippen LogP) is 1.23. The van der Waals surface area contributed by atoms with Crippen molar-refractivity contribution in [2.24, 2.45) is 5.41 Å². The van der Waals surface area contributed by atoms with Crippen LogP contribution in [0.1, 0.15) is 27.2 Å². The third kappa shape index (κ3) is 2.80. The molecule has 1 aliphatic heterocycles. The van der Waals surface area contributed by atoms with Crippen molar-refractivity contribution < 1.29 is 14.4 Å². The highest BCUT2D eigenvalue weighted by Gasteiger charge is 2.46. The van der Waals surface area contributed by atoms with E-state index in [1.54, 1.807) is 11.8 Å². The van der Waals surface area contributed by atoms with Crippen molar-refractivity contribution in [1.82, 2.24) is 10.2 Å². The zero-order valence-corrected chi connectivity index (χ0v) is 11.4. The van der Waals surface area contributed by atoms with Gasteiger partial charge < -0.3 is 0 Å². The van der Waals surface area contributed by atoms with Crippen LogP contribution in [0.25, 0.3) is 0 Å². The Morgan fingerprint density at radius 3 is 2.47 bits per heavy atom. The van der Waals surface area contributed by atoms with Crippen molar-refractivity contribution in [3.05, 3.63) is 0 Å². The van der Waals surface area contributed by atoms with Gasteiger partial charge in [-0.1, -0.05) is 6.92 Å². The van der Waals surface area contributed by atoms with E-state index in [0.717, 1.165) is 11.3 Å². The molecule has 0 spiro atoms. The van der Waals surface area contributed by atoms with Crippen LogP contribution in [0.5, 0.6) is 0 Å². The van der Waals surface area contributed by atoms with Crippen molar-refractivity contribution in [1.29, 1.82) is 0 Å². The second-order valence-electron chi connectivity index (χ2n) is 4.68. The van der Waals surface area contributed by atoms with Crippen LogP contribution in [0.15, 0.2) is 0 Å². The minimum Gasteiger partial charge on any atom is -0.277 e. The molecule has 1 unspecified atom stereocenters. The third-order valence-corrected chi connectivity index (χ3v) is 4.02. The van der Waals surface area contributed by atoms with Crippen LogP contribution in [0.3, 0.4) is 0 Å². The lowest BCUT2D eigenvalue weighted by molar-refractivity contribution is -0.149. The van der Waals surface area contributed by atoms with Gasteiger partial charge in [-0.2, -0.15) is 11.8 Å². The Hall–Kier alpha value is -1.04. The molecule has 0 aromatic heterocycles. The number of amides is 4. The molecule has 4 amide bonds. The van der Waals surface area contributed by atoms with Gasteiger partial charge in [-0.15, -0.1) is 0 Å². The summed E-state index contributed by atoms with van der Waals surface area (Å²) in [5.41, 5.74) is -1.16. The molecule has 0 radical (unpaired) electrons. The highest BCUT2D eigenvalue weighted by Crippen LogP contribution is 2.24. The number of rotatable bonds is 4. The molecule has 1 rings (SSSR count). The lowest BCUT2D eigenvalue weighted by Gasteiger charge is -2.34. The van der Waals surface area contributed by atoms with Gasteiger partial charge in [0.25, 0.3) is 0 Å². The molecule has 1 aliphatic rings. The Morgan fingerprint density at radius 1 is 1.35 bits per heavy atom. The lowest BCUT2D eigenvalue weighted by Crippen LogP contribution is -2.62. The molecule has 6 heteroatoms. The van der Waals surface area contributed by atoms with Crippen LogP contribution in [0.4, 0.5) is 4.79 Å². The van der Waals surface area contributed by atoms with Crippen molar-refractivity contribution in [2.45, 2.75) is 32.4 Å². The molecule has 1 heterocycles. The van der Waals surface area contributed by atoms with Crippen molar-refractivity contribution in [3.63, 3.8) is 0 Å². The second kappa shape index (κ2) is 5.08. The summed E-state index contributed by atoms with van der Waals surface area (Å²) >= 11 is 1.68. The zero-order valence-electron chi connectivity index (χ0n) is 10.6. The van der Waals surface area contributed by atoms with Crippen LogP contribution in [0.2, 0.25) is 0 Å². The van der Waals surface area contributed by atoms with Gasteiger partial charge in [-0.05, 0) is 26.5 Å². The molecule has 0 bridgehead atoms. The molecule has 0 aliphatic carbocycles. The first-order valence-electron chi connectivity index (χ1n) is 5.51. The van der Waals surface area contributed by atoms with E-state index in [-0.39, 0.29) is 0 Å². The van der Waals surface area contributed by atoms with Crippen molar-refractivity contribution in [2.75, 3.05) is 12.8 Å². The van der Waals surface area contributed by atoms with Crippen LogP contribution in [-0.4, -0.2) is 40.8 Å². The molecule has 0 aromatic rings. The van der Waals surface area contributed by atoms with Gasteiger partial charge >= 0.3 is 6.03 Å². The molecule has 1 fully saturated rings. The first kappa shape index (κ1) is 14.0. The number of carbonyl (C=O) groups excluding carboxylic acids is 3. The van der Waals surface area contributed by atoms with Crippen molar-refractivity contribution >= 4 is 29.6 Å².